The minimum atomic E-state index is -0.129. The number of nitrogens with zero attached hydrogens (tertiary/aromatic N) is 2. The number of hydrogen-bond donors (Lipinski definition) is 2. The summed E-state index contributed by atoms with van der Waals surface area (Å²) in [5, 5.41) is 11.9. The van der Waals surface area contributed by atoms with Crippen LogP contribution in [0.25, 0.3) is 0 Å². The van der Waals surface area contributed by atoms with Crippen molar-refractivity contribution in [1.29, 1.82) is 0 Å². The summed E-state index contributed by atoms with van der Waals surface area (Å²) in [6, 6.07) is 0.224. The Labute approximate surface area is 122 Å². The van der Waals surface area contributed by atoms with Crippen molar-refractivity contribution in [2.45, 2.75) is 32.7 Å². The topological polar surface area (TPSA) is 55.8 Å². The monoisotopic (exact) mass is 283 g/mol. The first kappa shape index (κ1) is 17.0. The SMILES string of the molecule is C=CCN(CCO)C(=O)NCC(C)N1CCC(C)CC1. The van der Waals surface area contributed by atoms with Crippen molar-refractivity contribution < 1.29 is 9.90 Å². The van der Waals surface area contributed by atoms with Gasteiger partial charge in [0.05, 0.1) is 6.61 Å². The van der Waals surface area contributed by atoms with E-state index in [4.69, 9.17) is 5.11 Å². The molecule has 1 heterocycles. The normalized spacial score (nSPS) is 18.6. The van der Waals surface area contributed by atoms with Crippen LogP contribution in [-0.4, -0.2) is 66.3 Å². The van der Waals surface area contributed by atoms with Gasteiger partial charge >= 0.3 is 6.03 Å². The van der Waals surface area contributed by atoms with Gasteiger partial charge in [-0.25, -0.2) is 4.79 Å². The van der Waals surface area contributed by atoms with E-state index in [0.717, 1.165) is 19.0 Å². The van der Waals surface area contributed by atoms with Gasteiger partial charge in [0.2, 0.25) is 0 Å². The number of piperidine rings is 1. The van der Waals surface area contributed by atoms with E-state index in [1.165, 1.54) is 12.8 Å². The van der Waals surface area contributed by atoms with E-state index in [9.17, 15) is 4.79 Å². The zero-order chi connectivity index (χ0) is 15.0. The van der Waals surface area contributed by atoms with Gasteiger partial charge in [0.25, 0.3) is 0 Å². The maximum Gasteiger partial charge on any atom is 0.317 e. The van der Waals surface area contributed by atoms with Gasteiger partial charge in [-0.15, -0.1) is 6.58 Å². The summed E-state index contributed by atoms with van der Waals surface area (Å²) in [4.78, 5) is 16.0. The van der Waals surface area contributed by atoms with Crippen LogP contribution in [0, 0.1) is 5.92 Å². The smallest absolute Gasteiger partial charge is 0.317 e. The molecule has 0 aromatic rings. The van der Waals surface area contributed by atoms with Gasteiger partial charge < -0.3 is 15.3 Å². The first-order valence-corrected chi connectivity index (χ1v) is 7.57. The Hall–Kier alpha value is -1.07. The minimum absolute atomic E-state index is 0.0270. The fourth-order valence-electron chi connectivity index (χ4n) is 2.50. The molecule has 1 fully saturated rings. The first-order chi connectivity index (χ1) is 9.58. The number of carbonyl (C=O) groups excluding carboxylic acids is 1. The lowest BCUT2D eigenvalue weighted by Crippen LogP contribution is -2.49. The lowest BCUT2D eigenvalue weighted by atomic mass is 9.98. The molecule has 5 heteroatoms. The van der Waals surface area contributed by atoms with Crippen molar-refractivity contribution in [2.75, 3.05) is 39.3 Å². The van der Waals surface area contributed by atoms with Crippen LogP contribution < -0.4 is 5.32 Å². The van der Waals surface area contributed by atoms with Gasteiger partial charge in [0.15, 0.2) is 0 Å². The summed E-state index contributed by atoms with van der Waals surface area (Å²) in [6.07, 6.45) is 4.15. The number of aliphatic hydroxyl groups excluding tert-OH is 1. The molecule has 116 valence electrons. The molecule has 1 unspecified atom stereocenters. The molecule has 0 saturated carbocycles. The van der Waals surface area contributed by atoms with E-state index in [0.29, 0.717) is 25.7 Å². The Morgan fingerprint density at radius 3 is 2.75 bits per heavy atom. The molecule has 1 aliphatic rings. The van der Waals surface area contributed by atoms with Crippen LogP contribution in [0.4, 0.5) is 4.79 Å². The zero-order valence-corrected chi connectivity index (χ0v) is 12.8. The Morgan fingerprint density at radius 2 is 2.20 bits per heavy atom. The first-order valence-electron chi connectivity index (χ1n) is 7.57. The quantitative estimate of drug-likeness (QED) is 0.692. The number of nitrogens with one attached hydrogen (secondary N) is 1. The Balaban J connectivity index is 2.33. The molecule has 0 spiro atoms. The van der Waals surface area contributed by atoms with E-state index < -0.39 is 0 Å². The Morgan fingerprint density at radius 1 is 1.55 bits per heavy atom. The third-order valence-electron chi connectivity index (χ3n) is 4.00. The fraction of sp³-hybridized carbons (Fsp3) is 0.800. The number of urea groups is 1. The number of aliphatic hydroxyl groups is 1. The molecule has 1 rings (SSSR count). The molecule has 1 atom stereocenters. The summed E-state index contributed by atoms with van der Waals surface area (Å²) in [7, 11) is 0. The maximum absolute atomic E-state index is 12.0. The molecule has 0 radical (unpaired) electrons. The van der Waals surface area contributed by atoms with Gasteiger partial charge in [-0.3, -0.25) is 4.90 Å². The highest BCUT2D eigenvalue weighted by atomic mass is 16.3. The lowest BCUT2D eigenvalue weighted by molar-refractivity contribution is 0.141. The molecule has 1 aliphatic heterocycles. The van der Waals surface area contributed by atoms with E-state index in [-0.39, 0.29) is 12.6 Å². The molecule has 2 N–H and O–H groups in total. The van der Waals surface area contributed by atoms with Crippen LogP contribution in [0.1, 0.15) is 26.7 Å². The second kappa shape index (κ2) is 8.97. The van der Waals surface area contributed by atoms with Crippen LogP contribution in [-0.2, 0) is 0 Å². The van der Waals surface area contributed by atoms with Crippen LogP contribution in [0.15, 0.2) is 12.7 Å². The van der Waals surface area contributed by atoms with Crippen molar-refractivity contribution in [2.24, 2.45) is 5.92 Å². The number of likely N-dealkylation sites (tertiary alicyclic amines) is 1. The summed E-state index contributed by atoms with van der Waals surface area (Å²) < 4.78 is 0. The third kappa shape index (κ3) is 5.51. The highest BCUT2D eigenvalue weighted by Gasteiger charge is 2.21. The molecule has 5 nitrogen and oxygen atoms in total. The average molecular weight is 283 g/mol. The maximum atomic E-state index is 12.0. The van der Waals surface area contributed by atoms with Gasteiger partial charge in [-0.1, -0.05) is 13.0 Å². The van der Waals surface area contributed by atoms with E-state index in [2.05, 4.69) is 30.6 Å². The van der Waals surface area contributed by atoms with Gasteiger partial charge in [-0.05, 0) is 38.8 Å². The van der Waals surface area contributed by atoms with Crippen molar-refractivity contribution in [1.82, 2.24) is 15.1 Å². The molecule has 1 saturated heterocycles. The minimum Gasteiger partial charge on any atom is -0.395 e. The Bertz CT molecular complexity index is 301. The molecule has 0 aliphatic carbocycles. The van der Waals surface area contributed by atoms with Crippen LogP contribution in [0.3, 0.4) is 0 Å². The second-order valence-electron chi connectivity index (χ2n) is 5.71. The van der Waals surface area contributed by atoms with Crippen LogP contribution in [0.5, 0.6) is 0 Å². The predicted molar refractivity (Wildman–Crippen MR) is 81.7 cm³/mol. The summed E-state index contributed by atoms with van der Waals surface area (Å²) in [6.45, 7) is 11.7. The lowest BCUT2D eigenvalue weighted by Gasteiger charge is -2.35. The van der Waals surface area contributed by atoms with Crippen molar-refractivity contribution in [3.05, 3.63) is 12.7 Å². The van der Waals surface area contributed by atoms with E-state index >= 15 is 0 Å². The summed E-state index contributed by atoms with van der Waals surface area (Å²) in [5.74, 6) is 0.820. The fourth-order valence-corrected chi connectivity index (χ4v) is 2.50. The summed E-state index contributed by atoms with van der Waals surface area (Å²) in [5.41, 5.74) is 0. The van der Waals surface area contributed by atoms with Gasteiger partial charge in [-0.2, -0.15) is 0 Å². The predicted octanol–water partition coefficient (Wildman–Crippen LogP) is 1.30. The second-order valence-corrected chi connectivity index (χ2v) is 5.71. The highest BCUT2D eigenvalue weighted by molar-refractivity contribution is 5.74. The number of hydrogen-bond acceptors (Lipinski definition) is 3. The molecular weight excluding hydrogens is 254 g/mol. The number of amides is 2. The van der Waals surface area contributed by atoms with E-state index in [1.807, 2.05) is 0 Å². The molecule has 2 amide bonds. The molecule has 20 heavy (non-hydrogen) atoms. The van der Waals surface area contributed by atoms with Crippen LogP contribution >= 0.6 is 0 Å². The zero-order valence-electron chi connectivity index (χ0n) is 12.8. The Kier molecular flexibility index (Phi) is 7.62. The average Bonchev–Trinajstić information content (AvgIpc) is 2.45. The van der Waals surface area contributed by atoms with Crippen molar-refractivity contribution in [3.63, 3.8) is 0 Å². The largest absolute Gasteiger partial charge is 0.395 e. The number of carbonyl (C=O) groups is 1. The molecule has 0 aromatic carbocycles. The third-order valence-corrected chi connectivity index (χ3v) is 4.00. The van der Waals surface area contributed by atoms with Gasteiger partial charge in [0, 0.05) is 25.7 Å². The highest BCUT2D eigenvalue weighted by Crippen LogP contribution is 2.17. The van der Waals surface area contributed by atoms with Crippen molar-refractivity contribution >= 4 is 6.03 Å². The molecule has 0 bridgehead atoms. The number of rotatable bonds is 7. The molecular formula is C15H29N3O2. The standard InChI is InChI=1S/C15H29N3O2/c1-4-7-18(10-11-19)15(20)16-12-14(3)17-8-5-13(2)6-9-17/h4,13-14,19H,1,5-12H2,2-3H3,(H,16,20). The van der Waals surface area contributed by atoms with Gasteiger partial charge in [0.1, 0.15) is 0 Å². The molecule has 0 aromatic heterocycles. The van der Waals surface area contributed by atoms with E-state index in [1.54, 1.807) is 11.0 Å². The van der Waals surface area contributed by atoms with Crippen LogP contribution in [0.2, 0.25) is 0 Å². The van der Waals surface area contributed by atoms with Crippen molar-refractivity contribution in [3.8, 4) is 0 Å². The summed E-state index contributed by atoms with van der Waals surface area (Å²) >= 11 is 0.